The molecule has 41 heavy (non-hydrogen) atoms. The fraction of sp³-hybridized carbons (Fsp3) is 0.156. The highest BCUT2D eigenvalue weighted by atomic mass is 79.9. The molecule has 0 aromatic heterocycles. The van der Waals surface area contributed by atoms with E-state index in [0.29, 0.717) is 46.2 Å². The maximum Gasteiger partial charge on any atom is 0.335 e. The lowest BCUT2D eigenvalue weighted by Gasteiger charge is -2.26. The number of carbonyl (C=O) groups excluding carboxylic acids is 3. The van der Waals surface area contributed by atoms with Crippen molar-refractivity contribution in [1.82, 2.24) is 5.32 Å². The predicted molar refractivity (Wildman–Crippen MR) is 160 cm³/mol. The Balaban J connectivity index is 1.46. The smallest absolute Gasteiger partial charge is 0.335 e. The van der Waals surface area contributed by atoms with Crippen molar-refractivity contribution in [2.24, 2.45) is 0 Å². The Morgan fingerprint density at radius 1 is 0.951 bits per heavy atom. The lowest BCUT2D eigenvalue weighted by molar-refractivity contribution is -0.122. The van der Waals surface area contributed by atoms with Gasteiger partial charge in [0.25, 0.3) is 11.8 Å². The molecule has 1 N–H and O–H groups in total. The second kappa shape index (κ2) is 11.9. The first-order valence-electron chi connectivity index (χ1n) is 12.9. The molecule has 0 bridgehead atoms. The van der Waals surface area contributed by atoms with Gasteiger partial charge in [0, 0.05) is 5.56 Å². The third-order valence-electron chi connectivity index (χ3n) is 6.71. The summed E-state index contributed by atoms with van der Waals surface area (Å²) in [5.41, 5.74) is 2.79. The minimum Gasteiger partial charge on any atom is -0.497 e. The molecule has 1 aliphatic heterocycles. The molecule has 0 atom stereocenters. The van der Waals surface area contributed by atoms with Crippen LogP contribution < -0.4 is 24.4 Å². The number of urea groups is 1. The molecular formula is C32H27BrN2O6. The van der Waals surface area contributed by atoms with E-state index in [1.165, 1.54) is 13.2 Å². The minimum absolute atomic E-state index is 0.199. The van der Waals surface area contributed by atoms with E-state index in [0.717, 1.165) is 26.8 Å². The van der Waals surface area contributed by atoms with Crippen molar-refractivity contribution in [2.75, 3.05) is 18.6 Å². The zero-order valence-electron chi connectivity index (χ0n) is 22.7. The first kappa shape index (κ1) is 27.9. The standard InChI is InChI=1S/C32H27BrN2O6/c1-4-40-28-17-20(15-25-30(36)34-32(38)35(31(25)37)22-11-13-23(39-3)14-12-22)16-27(33)29(28)41-18-26-19(2)9-10-21-7-5-6-8-24(21)26/h5-17H,4,18H2,1-3H3,(H,34,36,38)/b25-15+. The van der Waals surface area contributed by atoms with Crippen LogP contribution in [0.1, 0.15) is 23.6 Å². The number of nitrogens with one attached hydrogen (secondary N) is 1. The number of methoxy groups -OCH3 is 1. The van der Waals surface area contributed by atoms with Gasteiger partial charge in [-0.3, -0.25) is 14.9 Å². The Bertz CT molecular complexity index is 1700. The van der Waals surface area contributed by atoms with Crippen LogP contribution in [0.25, 0.3) is 16.8 Å². The molecule has 5 rings (SSSR count). The molecular weight excluding hydrogens is 588 g/mol. The Morgan fingerprint density at radius 2 is 1.71 bits per heavy atom. The van der Waals surface area contributed by atoms with Crippen LogP contribution >= 0.6 is 15.9 Å². The molecule has 0 unspecified atom stereocenters. The number of hydrogen-bond acceptors (Lipinski definition) is 6. The van der Waals surface area contributed by atoms with Crippen molar-refractivity contribution >= 4 is 56.3 Å². The summed E-state index contributed by atoms with van der Waals surface area (Å²) in [5, 5.41) is 4.48. The summed E-state index contributed by atoms with van der Waals surface area (Å²) in [6, 6.07) is 21.3. The Hall–Kier alpha value is -4.63. The van der Waals surface area contributed by atoms with Crippen LogP contribution in [0.5, 0.6) is 17.2 Å². The SMILES string of the molecule is CCOc1cc(/C=C2\C(=O)NC(=O)N(c3ccc(OC)cc3)C2=O)cc(Br)c1OCc1c(C)ccc2ccccc12. The number of ether oxygens (including phenoxy) is 3. The summed E-state index contributed by atoms with van der Waals surface area (Å²) in [5.74, 6) is -0.0267. The van der Waals surface area contributed by atoms with Gasteiger partial charge in [0.05, 0.1) is 23.9 Å². The first-order chi connectivity index (χ1) is 19.8. The number of nitrogens with zero attached hydrogens (tertiary/aromatic N) is 1. The van der Waals surface area contributed by atoms with Crippen LogP contribution in [0.3, 0.4) is 0 Å². The number of halogens is 1. The number of amides is 4. The molecule has 1 fully saturated rings. The molecule has 0 radical (unpaired) electrons. The van der Waals surface area contributed by atoms with Crippen molar-refractivity contribution in [1.29, 1.82) is 0 Å². The number of fused-ring (bicyclic) bond motifs is 1. The molecule has 208 valence electrons. The van der Waals surface area contributed by atoms with Crippen molar-refractivity contribution in [3.63, 3.8) is 0 Å². The molecule has 1 saturated heterocycles. The van der Waals surface area contributed by atoms with E-state index >= 15 is 0 Å². The highest BCUT2D eigenvalue weighted by Crippen LogP contribution is 2.39. The monoisotopic (exact) mass is 614 g/mol. The molecule has 0 aliphatic carbocycles. The van der Waals surface area contributed by atoms with Gasteiger partial charge in [-0.2, -0.15) is 0 Å². The fourth-order valence-corrected chi connectivity index (χ4v) is 5.22. The Kier molecular flexibility index (Phi) is 8.07. The average molecular weight is 615 g/mol. The zero-order chi connectivity index (χ0) is 29.1. The molecule has 4 amide bonds. The lowest BCUT2D eigenvalue weighted by atomic mass is 10.0. The third kappa shape index (κ3) is 5.67. The minimum atomic E-state index is -0.828. The van der Waals surface area contributed by atoms with Crippen molar-refractivity contribution in [3.8, 4) is 17.2 Å². The van der Waals surface area contributed by atoms with Crippen LogP contribution in [0, 0.1) is 6.92 Å². The number of anilines is 1. The molecule has 0 spiro atoms. The molecule has 4 aromatic rings. The average Bonchev–Trinajstić information content (AvgIpc) is 2.96. The van der Waals surface area contributed by atoms with Crippen LogP contribution in [0.15, 0.2) is 82.8 Å². The van der Waals surface area contributed by atoms with Gasteiger partial charge in [-0.1, -0.05) is 36.4 Å². The number of rotatable bonds is 8. The second-order valence-corrected chi connectivity index (χ2v) is 10.1. The van der Waals surface area contributed by atoms with Gasteiger partial charge in [-0.25, -0.2) is 9.69 Å². The van der Waals surface area contributed by atoms with E-state index in [1.54, 1.807) is 36.4 Å². The van der Waals surface area contributed by atoms with E-state index in [4.69, 9.17) is 14.2 Å². The van der Waals surface area contributed by atoms with E-state index < -0.39 is 17.8 Å². The van der Waals surface area contributed by atoms with Gasteiger partial charge in [0.1, 0.15) is 17.9 Å². The summed E-state index contributed by atoms with van der Waals surface area (Å²) in [6.07, 6.45) is 1.42. The number of aryl methyl sites for hydroxylation is 1. The highest BCUT2D eigenvalue weighted by molar-refractivity contribution is 9.10. The van der Waals surface area contributed by atoms with Crippen LogP contribution in [-0.2, 0) is 16.2 Å². The maximum absolute atomic E-state index is 13.3. The van der Waals surface area contributed by atoms with Crippen molar-refractivity contribution in [3.05, 3.63) is 99.5 Å². The van der Waals surface area contributed by atoms with E-state index in [1.807, 2.05) is 26.0 Å². The number of benzene rings is 4. The molecule has 1 heterocycles. The highest BCUT2D eigenvalue weighted by Gasteiger charge is 2.37. The van der Waals surface area contributed by atoms with Crippen LogP contribution in [0.2, 0.25) is 0 Å². The summed E-state index contributed by atoms with van der Waals surface area (Å²) >= 11 is 3.58. The normalized spacial score (nSPS) is 14.4. The second-order valence-electron chi connectivity index (χ2n) is 9.29. The predicted octanol–water partition coefficient (Wildman–Crippen LogP) is 6.56. The van der Waals surface area contributed by atoms with Crippen molar-refractivity contribution < 1.29 is 28.6 Å². The number of imide groups is 2. The third-order valence-corrected chi connectivity index (χ3v) is 7.30. The summed E-state index contributed by atoms with van der Waals surface area (Å²) in [7, 11) is 1.52. The van der Waals surface area contributed by atoms with Gasteiger partial charge in [0.2, 0.25) is 0 Å². The first-order valence-corrected chi connectivity index (χ1v) is 13.7. The van der Waals surface area contributed by atoms with Crippen molar-refractivity contribution in [2.45, 2.75) is 20.5 Å². The number of carbonyl (C=O) groups is 3. The van der Waals surface area contributed by atoms with E-state index in [-0.39, 0.29) is 5.57 Å². The van der Waals surface area contributed by atoms with Gasteiger partial charge < -0.3 is 14.2 Å². The summed E-state index contributed by atoms with van der Waals surface area (Å²) in [4.78, 5) is 39.5. The Morgan fingerprint density at radius 3 is 2.44 bits per heavy atom. The number of barbiturate groups is 1. The summed E-state index contributed by atoms with van der Waals surface area (Å²) in [6.45, 7) is 4.58. The molecule has 0 saturated carbocycles. The van der Waals surface area contributed by atoms with Gasteiger partial charge in [0.15, 0.2) is 11.5 Å². The molecule has 4 aromatic carbocycles. The molecule has 9 heteroatoms. The van der Waals surface area contributed by atoms with Gasteiger partial charge in [-0.15, -0.1) is 0 Å². The van der Waals surface area contributed by atoms with E-state index in [2.05, 4.69) is 45.5 Å². The Labute approximate surface area is 245 Å². The van der Waals surface area contributed by atoms with Gasteiger partial charge in [-0.05, 0) is 94.2 Å². The van der Waals surface area contributed by atoms with Crippen LogP contribution in [-0.4, -0.2) is 31.6 Å². The van der Waals surface area contributed by atoms with Gasteiger partial charge >= 0.3 is 6.03 Å². The van der Waals surface area contributed by atoms with Crippen LogP contribution in [0.4, 0.5) is 10.5 Å². The fourth-order valence-electron chi connectivity index (χ4n) is 4.65. The lowest BCUT2D eigenvalue weighted by Crippen LogP contribution is -2.54. The maximum atomic E-state index is 13.3. The van der Waals surface area contributed by atoms with E-state index in [9.17, 15) is 14.4 Å². The number of hydrogen-bond donors (Lipinski definition) is 1. The quantitative estimate of drug-likeness (QED) is 0.178. The summed E-state index contributed by atoms with van der Waals surface area (Å²) < 4.78 is 17.9. The molecule has 8 nitrogen and oxygen atoms in total. The molecule has 1 aliphatic rings. The topological polar surface area (TPSA) is 94.2 Å². The zero-order valence-corrected chi connectivity index (χ0v) is 24.3. The largest absolute Gasteiger partial charge is 0.497 e.